The van der Waals surface area contributed by atoms with Gasteiger partial charge >= 0.3 is 0 Å². The normalized spacial score (nSPS) is 10.6. The molecular formula is C17H16N4O2S. The van der Waals surface area contributed by atoms with Gasteiger partial charge in [0.2, 0.25) is 5.16 Å². The lowest BCUT2D eigenvalue weighted by atomic mass is 10.1. The molecule has 0 radical (unpaired) electrons. The van der Waals surface area contributed by atoms with E-state index in [1.807, 2.05) is 37.3 Å². The number of hydrogen-bond donors (Lipinski definition) is 0. The molecule has 0 aliphatic rings. The van der Waals surface area contributed by atoms with Gasteiger partial charge in [0.05, 0.1) is 12.8 Å². The molecule has 6 nitrogen and oxygen atoms in total. The Morgan fingerprint density at radius 2 is 2.00 bits per heavy atom. The van der Waals surface area contributed by atoms with Gasteiger partial charge < -0.3 is 4.74 Å². The highest BCUT2D eigenvalue weighted by Gasteiger charge is 2.11. The third kappa shape index (κ3) is 3.46. The van der Waals surface area contributed by atoms with Crippen molar-refractivity contribution in [1.82, 2.24) is 20.2 Å². The molecule has 24 heavy (non-hydrogen) atoms. The minimum Gasteiger partial charge on any atom is -0.496 e. The Hall–Kier alpha value is -2.67. The predicted octanol–water partition coefficient (Wildman–Crippen LogP) is 3.08. The molecule has 3 aromatic rings. The van der Waals surface area contributed by atoms with Crippen LogP contribution in [-0.4, -0.2) is 33.6 Å². The van der Waals surface area contributed by atoms with E-state index in [-0.39, 0.29) is 0 Å². The van der Waals surface area contributed by atoms with Gasteiger partial charge in [-0.15, -0.1) is 5.10 Å². The standard InChI is InChI=1S/C17H16N4O2S/c1-12-3-6-15(7-4-12)21-17(18-19-20-21)24-11-14-9-13(10-22)5-8-16(14)23-2/h3-10H,11H2,1-2H3. The average molecular weight is 340 g/mol. The number of carbonyl (C=O) groups excluding carboxylic acids is 1. The van der Waals surface area contributed by atoms with Crippen LogP contribution in [0.2, 0.25) is 0 Å². The molecule has 7 heteroatoms. The number of benzene rings is 2. The Labute approximate surface area is 143 Å². The molecule has 0 atom stereocenters. The number of aldehydes is 1. The lowest BCUT2D eigenvalue weighted by Gasteiger charge is -2.09. The molecule has 3 rings (SSSR count). The summed E-state index contributed by atoms with van der Waals surface area (Å²) < 4.78 is 7.05. The van der Waals surface area contributed by atoms with E-state index in [2.05, 4.69) is 15.5 Å². The Balaban J connectivity index is 1.82. The number of thioether (sulfide) groups is 1. The Bertz CT molecular complexity index is 846. The van der Waals surface area contributed by atoms with Gasteiger partial charge in [-0.3, -0.25) is 4.79 Å². The maximum atomic E-state index is 11.0. The smallest absolute Gasteiger partial charge is 0.214 e. The van der Waals surface area contributed by atoms with Gasteiger partial charge in [-0.05, 0) is 47.7 Å². The number of ether oxygens (including phenoxy) is 1. The molecule has 0 amide bonds. The second-order valence-corrected chi connectivity index (χ2v) is 6.13. The van der Waals surface area contributed by atoms with Gasteiger partial charge in [0.1, 0.15) is 12.0 Å². The molecule has 0 unspecified atom stereocenters. The van der Waals surface area contributed by atoms with Crippen molar-refractivity contribution in [3.8, 4) is 11.4 Å². The van der Waals surface area contributed by atoms with E-state index < -0.39 is 0 Å². The van der Waals surface area contributed by atoms with Gasteiger partial charge in [-0.1, -0.05) is 29.5 Å². The van der Waals surface area contributed by atoms with Crippen molar-refractivity contribution < 1.29 is 9.53 Å². The summed E-state index contributed by atoms with van der Waals surface area (Å²) in [6, 6.07) is 13.3. The summed E-state index contributed by atoms with van der Waals surface area (Å²) in [5.41, 5.74) is 3.62. The van der Waals surface area contributed by atoms with Crippen molar-refractivity contribution in [3.63, 3.8) is 0 Å². The zero-order chi connectivity index (χ0) is 16.9. The number of tetrazole rings is 1. The molecule has 1 aromatic heterocycles. The van der Waals surface area contributed by atoms with Crippen molar-refractivity contribution in [1.29, 1.82) is 0 Å². The van der Waals surface area contributed by atoms with Crippen LogP contribution >= 0.6 is 11.8 Å². The quantitative estimate of drug-likeness (QED) is 0.507. The molecule has 122 valence electrons. The van der Waals surface area contributed by atoms with Crippen LogP contribution in [0.25, 0.3) is 5.69 Å². The molecule has 2 aromatic carbocycles. The molecule has 0 saturated heterocycles. The largest absolute Gasteiger partial charge is 0.496 e. The maximum Gasteiger partial charge on any atom is 0.214 e. The molecule has 0 fully saturated rings. The van der Waals surface area contributed by atoms with E-state index in [0.717, 1.165) is 23.3 Å². The molecule has 1 heterocycles. The highest BCUT2D eigenvalue weighted by molar-refractivity contribution is 7.98. The fourth-order valence-corrected chi connectivity index (χ4v) is 3.11. The maximum absolute atomic E-state index is 11.0. The minimum absolute atomic E-state index is 0.594. The summed E-state index contributed by atoms with van der Waals surface area (Å²) in [6.07, 6.45) is 0.823. The van der Waals surface area contributed by atoms with Crippen LogP contribution in [-0.2, 0) is 5.75 Å². The van der Waals surface area contributed by atoms with Crippen molar-refractivity contribution >= 4 is 18.0 Å². The summed E-state index contributed by atoms with van der Waals surface area (Å²) >= 11 is 1.49. The van der Waals surface area contributed by atoms with E-state index in [1.54, 1.807) is 23.9 Å². The first-order valence-corrected chi connectivity index (χ1v) is 8.30. The molecule has 0 aliphatic carbocycles. The number of aryl methyl sites for hydroxylation is 1. The molecule has 0 spiro atoms. The zero-order valence-corrected chi connectivity index (χ0v) is 14.2. The highest BCUT2D eigenvalue weighted by atomic mass is 32.2. The number of methoxy groups -OCH3 is 1. The third-order valence-electron chi connectivity index (χ3n) is 3.52. The molecule has 0 N–H and O–H groups in total. The first-order chi connectivity index (χ1) is 11.7. The third-order valence-corrected chi connectivity index (χ3v) is 4.48. The highest BCUT2D eigenvalue weighted by Crippen LogP contribution is 2.28. The van der Waals surface area contributed by atoms with Crippen LogP contribution < -0.4 is 4.74 Å². The van der Waals surface area contributed by atoms with E-state index in [1.165, 1.54) is 17.3 Å². The number of carbonyl (C=O) groups is 1. The average Bonchev–Trinajstić information content (AvgIpc) is 3.08. The van der Waals surface area contributed by atoms with E-state index in [9.17, 15) is 4.79 Å². The molecule has 0 saturated carbocycles. The first-order valence-electron chi connectivity index (χ1n) is 7.31. The topological polar surface area (TPSA) is 69.9 Å². The van der Waals surface area contributed by atoms with Gasteiger partial charge in [-0.25, -0.2) is 0 Å². The first kappa shape index (κ1) is 16.2. The Morgan fingerprint density at radius 1 is 1.21 bits per heavy atom. The van der Waals surface area contributed by atoms with Crippen LogP contribution in [0.5, 0.6) is 5.75 Å². The van der Waals surface area contributed by atoms with Gasteiger partial charge in [0.15, 0.2) is 0 Å². The minimum atomic E-state index is 0.594. The summed E-state index contributed by atoms with van der Waals surface area (Å²) in [5.74, 6) is 1.33. The van der Waals surface area contributed by atoms with E-state index in [4.69, 9.17) is 4.74 Å². The Kier molecular flexibility index (Phi) is 4.90. The van der Waals surface area contributed by atoms with Crippen molar-refractivity contribution in [3.05, 3.63) is 59.2 Å². The lowest BCUT2D eigenvalue weighted by Crippen LogP contribution is -1.99. The van der Waals surface area contributed by atoms with Crippen molar-refractivity contribution in [2.75, 3.05) is 7.11 Å². The summed E-state index contributed by atoms with van der Waals surface area (Å²) in [4.78, 5) is 11.0. The second-order valence-electron chi connectivity index (χ2n) is 5.19. The summed E-state index contributed by atoms with van der Waals surface area (Å²) in [7, 11) is 1.61. The molecule has 0 aliphatic heterocycles. The Morgan fingerprint density at radius 3 is 2.71 bits per heavy atom. The van der Waals surface area contributed by atoms with Gasteiger partial charge in [-0.2, -0.15) is 4.68 Å². The number of hydrogen-bond acceptors (Lipinski definition) is 6. The SMILES string of the molecule is COc1ccc(C=O)cc1CSc1nnnn1-c1ccc(C)cc1. The van der Waals surface area contributed by atoms with E-state index >= 15 is 0 Å². The lowest BCUT2D eigenvalue weighted by molar-refractivity contribution is 0.112. The van der Waals surface area contributed by atoms with Crippen molar-refractivity contribution in [2.24, 2.45) is 0 Å². The van der Waals surface area contributed by atoms with Gasteiger partial charge in [0.25, 0.3) is 0 Å². The summed E-state index contributed by atoms with van der Waals surface area (Å²) in [6.45, 7) is 2.03. The molecular weight excluding hydrogens is 324 g/mol. The monoisotopic (exact) mass is 340 g/mol. The predicted molar refractivity (Wildman–Crippen MR) is 91.8 cm³/mol. The second kappa shape index (κ2) is 7.27. The number of aromatic nitrogens is 4. The van der Waals surface area contributed by atoms with Gasteiger partial charge in [0, 0.05) is 16.9 Å². The van der Waals surface area contributed by atoms with Crippen LogP contribution in [0.4, 0.5) is 0 Å². The van der Waals surface area contributed by atoms with Crippen LogP contribution in [0.15, 0.2) is 47.6 Å². The van der Waals surface area contributed by atoms with E-state index in [0.29, 0.717) is 16.5 Å². The number of rotatable bonds is 6. The molecule has 0 bridgehead atoms. The number of nitrogens with zero attached hydrogens (tertiary/aromatic N) is 4. The van der Waals surface area contributed by atoms with Crippen molar-refractivity contribution in [2.45, 2.75) is 17.8 Å². The fourth-order valence-electron chi connectivity index (χ4n) is 2.24. The van der Waals surface area contributed by atoms with Crippen LogP contribution in [0, 0.1) is 6.92 Å². The fraction of sp³-hybridized carbons (Fsp3) is 0.176. The zero-order valence-electron chi connectivity index (χ0n) is 13.3. The van der Waals surface area contributed by atoms with Crippen LogP contribution in [0.1, 0.15) is 21.5 Å². The summed E-state index contributed by atoms with van der Waals surface area (Å²) in [5, 5.41) is 12.6. The van der Waals surface area contributed by atoms with Crippen LogP contribution in [0.3, 0.4) is 0 Å².